The average molecular weight is 347 g/mol. The molecule has 0 saturated carbocycles. The zero-order valence-electron chi connectivity index (χ0n) is 15.5. The van der Waals surface area contributed by atoms with E-state index >= 15 is 0 Å². The van der Waals surface area contributed by atoms with E-state index in [1.165, 1.54) is 0 Å². The van der Waals surface area contributed by atoms with E-state index in [2.05, 4.69) is 34.0 Å². The number of rotatable bonds is 4. The van der Waals surface area contributed by atoms with Gasteiger partial charge in [0.05, 0.1) is 17.4 Å². The number of hydrogen-bond donors (Lipinski definition) is 2. The van der Waals surface area contributed by atoms with Crippen LogP contribution in [0.4, 0.5) is 11.8 Å². The summed E-state index contributed by atoms with van der Waals surface area (Å²) >= 11 is 0. The lowest BCUT2D eigenvalue weighted by Crippen LogP contribution is -2.45. The third-order valence-corrected chi connectivity index (χ3v) is 5.46. The number of nitrogens with one attached hydrogen (secondary N) is 1. The lowest BCUT2D eigenvalue weighted by atomic mass is 9.88. The van der Waals surface area contributed by atoms with Gasteiger partial charge in [-0.1, -0.05) is 6.92 Å². The molecule has 3 heterocycles. The lowest BCUT2D eigenvalue weighted by molar-refractivity contribution is -0.120. The molecule has 1 atom stereocenters. The Morgan fingerprint density at radius 1 is 1.36 bits per heavy atom. The number of aryl methyl sites for hydroxylation is 1. The van der Waals surface area contributed by atoms with E-state index in [0.717, 1.165) is 62.3 Å². The molecule has 138 valence electrons. The number of anilines is 2. The minimum Gasteiger partial charge on any atom is -0.370 e. The van der Waals surface area contributed by atoms with Crippen LogP contribution in [0.2, 0.25) is 0 Å². The largest absolute Gasteiger partial charge is 0.370 e. The van der Waals surface area contributed by atoms with Crippen LogP contribution in [-0.4, -0.2) is 47.2 Å². The number of aromatic nitrogens is 2. The molecular weight excluding hydrogens is 318 g/mol. The molecule has 2 aliphatic rings. The molecule has 1 spiro atoms. The number of carbonyl (C=O) groups excluding carboxylic acids is 1. The van der Waals surface area contributed by atoms with Crippen molar-refractivity contribution in [3.8, 4) is 0 Å². The fraction of sp³-hybridized carbons (Fsp3) is 0.722. The fourth-order valence-electron chi connectivity index (χ4n) is 4.01. The molecule has 7 nitrogen and oxygen atoms in total. The van der Waals surface area contributed by atoms with E-state index < -0.39 is 0 Å². The minimum atomic E-state index is -0.0420. The van der Waals surface area contributed by atoms with E-state index in [-0.39, 0.29) is 17.6 Å². The first-order chi connectivity index (χ1) is 11.9. The topological polar surface area (TPSA) is 93.4 Å². The van der Waals surface area contributed by atoms with Crippen molar-refractivity contribution in [3.63, 3.8) is 0 Å². The number of piperidine rings is 1. The molecule has 0 aliphatic carbocycles. The van der Waals surface area contributed by atoms with Gasteiger partial charge < -0.3 is 20.7 Å². The average Bonchev–Trinajstić information content (AvgIpc) is 2.98. The second-order valence-electron chi connectivity index (χ2n) is 7.22. The molecule has 7 heteroatoms. The maximum absolute atomic E-state index is 11.1. The number of nitrogen functional groups attached to an aromatic ring is 1. The molecule has 1 aromatic rings. The summed E-state index contributed by atoms with van der Waals surface area (Å²) in [5.74, 6) is 1.32. The van der Waals surface area contributed by atoms with Crippen molar-refractivity contribution in [1.82, 2.24) is 15.3 Å². The van der Waals surface area contributed by atoms with Crippen LogP contribution in [0.3, 0.4) is 0 Å². The minimum absolute atomic E-state index is 0.00271. The molecule has 2 fully saturated rings. The Kier molecular flexibility index (Phi) is 5.13. The first-order valence-electron chi connectivity index (χ1n) is 9.22. The number of amides is 1. The number of hydrogen-bond acceptors (Lipinski definition) is 6. The number of carbonyl (C=O) groups is 1. The van der Waals surface area contributed by atoms with Gasteiger partial charge in [-0.2, -0.15) is 4.98 Å². The molecule has 0 aromatic carbocycles. The summed E-state index contributed by atoms with van der Waals surface area (Å²) in [4.78, 5) is 22.2. The molecular formula is C18H29N5O2. The number of nitrogens with two attached hydrogens (primary N) is 1. The van der Waals surface area contributed by atoms with Gasteiger partial charge in [0.2, 0.25) is 11.9 Å². The van der Waals surface area contributed by atoms with E-state index in [1.54, 1.807) is 6.92 Å². The van der Waals surface area contributed by atoms with Crippen LogP contribution in [0.25, 0.3) is 0 Å². The zero-order valence-corrected chi connectivity index (χ0v) is 15.5. The SMILES string of the molecule is CCc1nc(N)nc(N2CCC3(CCC(CNC(C)=O)O3)CC2)c1C. The molecule has 2 saturated heterocycles. The van der Waals surface area contributed by atoms with E-state index in [1.807, 2.05) is 0 Å². The highest BCUT2D eigenvalue weighted by Crippen LogP contribution is 2.40. The first-order valence-corrected chi connectivity index (χ1v) is 9.22. The monoisotopic (exact) mass is 347 g/mol. The maximum Gasteiger partial charge on any atom is 0.222 e. The second-order valence-corrected chi connectivity index (χ2v) is 7.22. The predicted octanol–water partition coefficient (Wildman–Crippen LogP) is 1.58. The van der Waals surface area contributed by atoms with Crippen LogP contribution in [0.5, 0.6) is 0 Å². The Bertz CT molecular complexity index is 641. The maximum atomic E-state index is 11.1. The molecule has 2 aliphatic heterocycles. The van der Waals surface area contributed by atoms with Crippen molar-refractivity contribution in [2.75, 3.05) is 30.3 Å². The third-order valence-electron chi connectivity index (χ3n) is 5.46. The normalized spacial score (nSPS) is 22.4. The van der Waals surface area contributed by atoms with Gasteiger partial charge in [-0.05, 0) is 39.0 Å². The Hall–Kier alpha value is -1.89. The van der Waals surface area contributed by atoms with E-state index in [0.29, 0.717) is 12.5 Å². The van der Waals surface area contributed by atoms with Gasteiger partial charge >= 0.3 is 0 Å². The van der Waals surface area contributed by atoms with Crippen molar-refractivity contribution in [2.24, 2.45) is 0 Å². The molecule has 3 rings (SSSR count). The summed E-state index contributed by atoms with van der Waals surface area (Å²) in [6, 6.07) is 0. The van der Waals surface area contributed by atoms with Gasteiger partial charge in [-0.3, -0.25) is 4.79 Å². The van der Waals surface area contributed by atoms with E-state index in [9.17, 15) is 4.79 Å². The summed E-state index contributed by atoms with van der Waals surface area (Å²) in [5.41, 5.74) is 8.00. The number of ether oxygens (including phenoxy) is 1. The zero-order chi connectivity index (χ0) is 18.0. The molecule has 3 N–H and O–H groups in total. The third kappa shape index (κ3) is 3.86. The van der Waals surface area contributed by atoms with Gasteiger partial charge in [-0.25, -0.2) is 4.98 Å². The van der Waals surface area contributed by atoms with Crippen LogP contribution >= 0.6 is 0 Å². The Labute approximate surface area is 149 Å². The summed E-state index contributed by atoms with van der Waals surface area (Å²) in [7, 11) is 0. The highest BCUT2D eigenvalue weighted by Gasteiger charge is 2.42. The van der Waals surface area contributed by atoms with Crippen LogP contribution in [0.15, 0.2) is 0 Å². The van der Waals surface area contributed by atoms with Gasteiger partial charge in [0.25, 0.3) is 0 Å². The highest BCUT2D eigenvalue weighted by molar-refractivity contribution is 5.72. The number of nitrogens with zero attached hydrogens (tertiary/aromatic N) is 3. The molecule has 1 amide bonds. The standard InChI is InChI=1S/C18H29N5O2/c1-4-15-12(2)16(22-17(19)21-15)23-9-7-18(8-10-23)6-5-14(25-18)11-20-13(3)24/h14H,4-11H2,1-3H3,(H,20,24)(H2,19,21,22). The second kappa shape index (κ2) is 7.15. The molecule has 0 radical (unpaired) electrons. The lowest BCUT2D eigenvalue weighted by Gasteiger charge is -2.40. The van der Waals surface area contributed by atoms with Crippen molar-refractivity contribution in [1.29, 1.82) is 0 Å². The predicted molar refractivity (Wildman–Crippen MR) is 97.5 cm³/mol. The molecule has 1 aromatic heterocycles. The van der Waals surface area contributed by atoms with Crippen molar-refractivity contribution >= 4 is 17.7 Å². The van der Waals surface area contributed by atoms with Crippen LogP contribution in [0.1, 0.15) is 50.8 Å². The Balaban J connectivity index is 1.63. The highest BCUT2D eigenvalue weighted by atomic mass is 16.5. The fourth-order valence-corrected chi connectivity index (χ4v) is 4.01. The Morgan fingerprint density at radius 2 is 2.08 bits per heavy atom. The smallest absolute Gasteiger partial charge is 0.222 e. The van der Waals surface area contributed by atoms with Crippen LogP contribution in [-0.2, 0) is 16.0 Å². The first kappa shape index (κ1) is 17.9. The molecule has 25 heavy (non-hydrogen) atoms. The van der Waals surface area contributed by atoms with Crippen molar-refractivity contribution in [2.45, 2.75) is 64.6 Å². The van der Waals surface area contributed by atoms with Gasteiger partial charge in [0.1, 0.15) is 5.82 Å². The van der Waals surface area contributed by atoms with E-state index in [4.69, 9.17) is 10.5 Å². The molecule has 0 bridgehead atoms. The summed E-state index contributed by atoms with van der Waals surface area (Å²) in [5, 5.41) is 2.87. The van der Waals surface area contributed by atoms with Crippen molar-refractivity contribution < 1.29 is 9.53 Å². The summed E-state index contributed by atoms with van der Waals surface area (Å²) < 4.78 is 6.32. The van der Waals surface area contributed by atoms with Crippen LogP contribution < -0.4 is 16.0 Å². The van der Waals surface area contributed by atoms with Gasteiger partial charge in [-0.15, -0.1) is 0 Å². The van der Waals surface area contributed by atoms with Crippen LogP contribution in [0, 0.1) is 6.92 Å². The quantitative estimate of drug-likeness (QED) is 0.859. The van der Waals surface area contributed by atoms with Gasteiger partial charge in [0.15, 0.2) is 0 Å². The van der Waals surface area contributed by atoms with Crippen molar-refractivity contribution in [3.05, 3.63) is 11.3 Å². The Morgan fingerprint density at radius 3 is 2.72 bits per heavy atom. The molecule has 1 unspecified atom stereocenters. The summed E-state index contributed by atoms with van der Waals surface area (Å²) in [6.07, 6.45) is 5.04. The summed E-state index contributed by atoms with van der Waals surface area (Å²) in [6.45, 7) is 8.14. The van der Waals surface area contributed by atoms with Gasteiger partial charge in [0, 0.05) is 32.1 Å².